The fourth-order valence-electron chi connectivity index (χ4n) is 2.98. The predicted molar refractivity (Wildman–Crippen MR) is 96.1 cm³/mol. The zero-order valence-electron chi connectivity index (χ0n) is 14.3. The molecule has 23 heavy (non-hydrogen) atoms. The number of anilines is 1. The molecule has 0 fully saturated rings. The van der Waals surface area contributed by atoms with Gasteiger partial charge in [0.2, 0.25) is 0 Å². The van der Waals surface area contributed by atoms with Gasteiger partial charge < -0.3 is 10.1 Å². The second-order valence-electron chi connectivity index (χ2n) is 6.59. The summed E-state index contributed by atoms with van der Waals surface area (Å²) in [4.78, 5) is 2.40. The van der Waals surface area contributed by atoms with Crippen molar-refractivity contribution in [3.05, 3.63) is 59.7 Å². The Morgan fingerprint density at radius 2 is 1.96 bits per heavy atom. The maximum Gasteiger partial charge on any atom is 0.142 e. The molecular formula is C20H26N2O. The Morgan fingerprint density at radius 1 is 1.17 bits per heavy atom. The van der Waals surface area contributed by atoms with Gasteiger partial charge in [0.15, 0.2) is 0 Å². The first-order valence-corrected chi connectivity index (χ1v) is 8.39. The van der Waals surface area contributed by atoms with Crippen LogP contribution >= 0.6 is 0 Å². The van der Waals surface area contributed by atoms with Crippen LogP contribution < -0.4 is 10.1 Å². The van der Waals surface area contributed by atoms with Gasteiger partial charge >= 0.3 is 0 Å². The van der Waals surface area contributed by atoms with Crippen LogP contribution in [0.1, 0.15) is 25.0 Å². The highest BCUT2D eigenvalue weighted by molar-refractivity contribution is 5.59. The van der Waals surface area contributed by atoms with Crippen molar-refractivity contribution in [1.29, 1.82) is 0 Å². The molecule has 0 saturated heterocycles. The highest BCUT2D eigenvalue weighted by Gasteiger charge is 2.17. The lowest BCUT2D eigenvalue weighted by Crippen LogP contribution is -2.30. The number of rotatable bonds is 5. The van der Waals surface area contributed by atoms with Crippen LogP contribution in [0.15, 0.2) is 48.5 Å². The lowest BCUT2D eigenvalue weighted by Gasteiger charge is -2.27. The molecule has 2 aromatic rings. The minimum atomic E-state index is 0.240. The predicted octanol–water partition coefficient (Wildman–Crippen LogP) is 3.94. The van der Waals surface area contributed by atoms with Crippen LogP contribution in [0.2, 0.25) is 0 Å². The minimum Gasteiger partial charge on any atom is -0.487 e. The number of fused-ring (bicyclic) bond motifs is 1. The fraction of sp³-hybridized carbons (Fsp3) is 0.400. The molecule has 1 aliphatic heterocycles. The van der Waals surface area contributed by atoms with Crippen molar-refractivity contribution in [2.24, 2.45) is 0 Å². The van der Waals surface area contributed by atoms with Gasteiger partial charge in [0.1, 0.15) is 11.9 Å². The number of ether oxygens (including phenoxy) is 1. The van der Waals surface area contributed by atoms with Crippen molar-refractivity contribution < 1.29 is 4.74 Å². The van der Waals surface area contributed by atoms with Crippen molar-refractivity contribution in [2.75, 3.05) is 18.9 Å². The Balaban J connectivity index is 1.62. The molecule has 0 saturated carbocycles. The average Bonchev–Trinajstić information content (AvgIpc) is 2.56. The van der Waals surface area contributed by atoms with E-state index in [2.05, 4.69) is 79.6 Å². The molecule has 2 unspecified atom stereocenters. The second kappa shape index (κ2) is 7.05. The van der Waals surface area contributed by atoms with Crippen molar-refractivity contribution in [3.8, 4) is 5.75 Å². The lowest BCUT2D eigenvalue weighted by atomic mass is 10.0. The van der Waals surface area contributed by atoms with E-state index < -0.39 is 0 Å². The summed E-state index contributed by atoms with van der Waals surface area (Å²) in [6.07, 6.45) is 1.28. The van der Waals surface area contributed by atoms with Crippen molar-refractivity contribution in [2.45, 2.75) is 39.0 Å². The SMILES string of the molecule is CC1CNc2cc(CC(C)N(C)Cc3ccccc3)ccc2O1. The van der Waals surface area contributed by atoms with E-state index in [0.29, 0.717) is 6.04 Å². The Kier molecular flexibility index (Phi) is 4.87. The molecule has 0 bridgehead atoms. The smallest absolute Gasteiger partial charge is 0.142 e. The van der Waals surface area contributed by atoms with Crippen LogP contribution in [0.25, 0.3) is 0 Å². The van der Waals surface area contributed by atoms with Gasteiger partial charge in [-0.15, -0.1) is 0 Å². The average molecular weight is 310 g/mol. The summed E-state index contributed by atoms with van der Waals surface area (Å²) in [5.41, 5.74) is 3.83. The van der Waals surface area contributed by atoms with E-state index >= 15 is 0 Å². The van der Waals surface area contributed by atoms with Crippen LogP contribution in [-0.4, -0.2) is 30.6 Å². The summed E-state index contributed by atoms with van der Waals surface area (Å²) < 4.78 is 5.85. The van der Waals surface area contributed by atoms with Crippen LogP contribution in [0.4, 0.5) is 5.69 Å². The zero-order valence-corrected chi connectivity index (χ0v) is 14.3. The molecule has 1 N–H and O–H groups in total. The first-order valence-electron chi connectivity index (χ1n) is 8.39. The molecule has 2 aromatic carbocycles. The first kappa shape index (κ1) is 15.9. The molecule has 122 valence electrons. The van der Waals surface area contributed by atoms with Gasteiger partial charge in [-0.25, -0.2) is 0 Å². The van der Waals surface area contributed by atoms with Gasteiger partial charge in [-0.05, 0) is 50.6 Å². The Bertz CT molecular complexity index is 641. The normalized spacial score (nSPS) is 18.0. The molecule has 3 nitrogen and oxygen atoms in total. The monoisotopic (exact) mass is 310 g/mol. The van der Waals surface area contributed by atoms with E-state index in [1.807, 2.05) is 0 Å². The van der Waals surface area contributed by atoms with Crippen molar-refractivity contribution in [1.82, 2.24) is 4.90 Å². The highest BCUT2D eigenvalue weighted by atomic mass is 16.5. The molecule has 0 radical (unpaired) electrons. The van der Waals surface area contributed by atoms with E-state index in [4.69, 9.17) is 4.74 Å². The number of benzene rings is 2. The summed E-state index contributed by atoms with van der Waals surface area (Å²) in [5, 5.41) is 3.46. The maximum atomic E-state index is 5.85. The summed E-state index contributed by atoms with van der Waals surface area (Å²) in [6.45, 7) is 6.23. The standard InChI is InChI=1S/C20H26N2O/c1-15(22(3)14-17-7-5-4-6-8-17)11-18-9-10-20-19(12-18)21-13-16(2)23-20/h4-10,12,15-16,21H,11,13-14H2,1-3H3. The van der Waals surface area contributed by atoms with Gasteiger partial charge in [0.05, 0.1) is 12.2 Å². The third-order valence-electron chi connectivity index (χ3n) is 4.51. The molecule has 3 rings (SSSR count). The molecule has 2 atom stereocenters. The van der Waals surface area contributed by atoms with Crippen LogP contribution in [0.5, 0.6) is 5.75 Å². The third-order valence-corrected chi connectivity index (χ3v) is 4.51. The van der Waals surface area contributed by atoms with Crippen LogP contribution in [0, 0.1) is 0 Å². The minimum absolute atomic E-state index is 0.240. The number of hydrogen-bond acceptors (Lipinski definition) is 3. The van der Waals surface area contributed by atoms with Crippen LogP contribution in [0.3, 0.4) is 0 Å². The van der Waals surface area contributed by atoms with E-state index in [-0.39, 0.29) is 6.10 Å². The molecule has 0 aliphatic carbocycles. The van der Waals surface area contributed by atoms with Gasteiger partial charge in [-0.1, -0.05) is 36.4 Å². The first-order chi connectivity index (χ1) is 11.1. The Labute approximate surface area is 139 Å². The number of nitrogens with one attached hydrogen (secondary N) is 1. The van der Waals surface area contributed by atoms with Crippen LogP contribution in [-0.2, 0) is 13.0 Å². The van der Waals surface area contributed by atoms with E-state index in [1.54, 1.807) is 0 Å². The largest absolute Gasteiger partial charge is 0.487 e. The van der Waals surface area contributed by atoms with Crippen molar-refractivity contribution >= 4 is 5.69 Å². The molecule has 0 spiro atoms. The lowest BCUT2D eigenvalue weighted by molar-refractivity contribution is 0.225. The van der Waals surface area contributed by atoms with Gasteiger partial charge in [0.25, 0.3) is 0 Å². The zero-order chi connectivity index (χ0) is 16.2. The summed E-state index contributed by atoms with van der Waals surface area (Å²) in [5.74, 6) is 0.970. The van der Waals surface area contributed by atoms with Gasteiger partial charge in [0, 0.05) is 12.6 Å². The molecule has 0 aromatic heterocycles. The molecule has 1 heterocycles. The summed E-state index contributed by atoms with van der Waals surface area (Å²) in [6, 6.07) is 17.6. The summed E-state index contributed by atoms with van der Waals surface area (Å²) in [7, 11) is 2.19. The fourth-order valence-corrected chi connectivity index (χ4v) is 2.98. The van der Waals surface area contributed by atoms with E-state index in [1.165, 1.54) is 11.1 Å². The van der Waals surface area contributed by atoms with Gasteiger partial charge in [-0.2, -0.15) is 0 Å². The topological polar surface area (TPSA) is 24.5 Å². The van der Waals surface area contributed by atoms with E-state index in [9.17, 15) is 0 Å². The number of hydrogen-bond donors (Lipinski definition) is 1. The highest BCUT2D eigenvalue weighted by Crippen LogP contribution is 2.30. The number of likely N-dealkylation sites (N-methyl/N-ethyl adjacent to an activating group) is 1. The molecule has 0 amide bonds. The van der Waals surface area contributed by atoms with E-state index in [0.717, 1.165) is 30.9 Å². The Morgan fingerprint density at radius 3 is 2.74 bits per heavy atom. The molecular weight excluding hydrogens is 284 g/mol. The molecule has 1 aliphatic rings. The van der Waals surface area contributed by atoms with Gasteiger partial charge in [-0.3, -0.25) is 4.90 Å². The maximum absolute atomic E-state index is 5.85. The molecule has 3 heteroatoms. The quantitative estimate of drug-likeness (QED) is 0.905. The second-order valence-corrected chi connectivity index (χ2v) is 6.59. The van der Waals surface area contributed by atoms with Crippen molar-refractivity contribution in [3.63, 3.8) is 0 Å². The third kappa shape index (κ3) is 4.05. The number of nitrogens with zero attached hydrogens (tertiary/aromatic N) is 1. The summed E-state index contributed by atoms with van der Waals surface area (Å²) >= 11 is 0. The Hall–Kier alpha value is -2.00.